The van der Waals surface area contributed by atoms with Crippen molar-refractivity contribution in [2.24, 2.45) is 0 Å². The van der Waals surface area contributed by atoms with Crippen molar-refractivity contribution in [2.45, 2.75) is 12.6 Å². The van der Waals surface area contributed by atoms with E-state index in [9.17, 15) is 13.2 Å². The molecule has 0 saturated heterocycles. The Bertz CT molecular complexity index is 1090. The van der Waals surface area contributed by atoms with Crippen LogP contribution in [0.25, 0.3) is 16.9 Å². The van der Waals surface area contributed by atoms with Crippen molar-refractivity contribution in [3.63, 3.8) is 0 Å². The van der Waals surface area contributed by atoms with E-state index in [4.69, 9.17) is 0 Å². The molecule has 0 amide bonds. The molecule has 0 aliphatic rings. The van der Waals surface area contributed by atoms with Crippen LogP contribution in [-0.2, 0) is 12.6 Å². The zero-order chi connectivity index (χ0) is 19.6. The molecule has 0 bridgehead atoms. The summed E-state index contributed by atoms with van der Waals surface area (Å²) >= 11 is 0. The molecule has 4 aromatic rings. The van der Waals surface area contributed by atoms with Crippen molar-refractivity contribution in [3.05, 3.63) is 78.2 Å². The van der Waals surface area contributed by atoms with Crippen LogP contribution in [-0.4, -0.2) is 26.1 Å². The number of alkyl halides is 3. The minimum Gasteiger partial charge on any atom is -0.368 e. The normalized spacial score (nSPS) is 11.7. The van der Waals surface area contributed by atoms with Gasteiger partial charge in [-0.05, 0) is 42.3 Å². The van der Waals surface area contributed by atoms with Crippen molar-refractivity contribution < 1.29 is 13.2 Å². The Balaban J connectivity index is 1.58. The summed E-state index contributed by atoms with van der Waals surface area (Å²) in [6.07, 6.45) is 1.43. The quantitative estimate of drug-likeness (QED) is 0.553. The second-order valence-corrected chi connectivity index (χ2v) is 6.25. The van der Waals surface area contributed by atoms with Gasteiger partial charge in [0.05, 0.1) is 17.5 Å². The van der Waals surface area contributed by atoms with Crippen molar-refractivity contribution in [2.75, 3.05) is 11.9 Å². The number of fused-ring (bicyclic) bond motifs is 1. The van der Waals surface area contributed by atoms with Crippen LogP contribution in [0.2, 0.25) is 0 Å². The molecule has 0 unspecified atom stereocenters. The lowest BCUT2D eigenvalue weighted by atomic mass is 10.1. The molecule has 0 aliphatic carbocycles. The summed E-state index contributed by atoms with van der Waals surface area (Å²) in [5.41, 5.74) is 1.86. The topological polar surface area (TPSA) is 55.1 Å². The zero-order valence-electron chi connectivity index (χ0n) is 14.7. The highest BCUT2D eigenvalue weighted by Gasteiger charge is 2.30. The monoisotopic (exact) mass is 383 g/mol. The Labute approximate surface area is 158 Å². The van der Waals surface area contributed by atoms with Crippen molar-refractivity contribution >= 4 is 11.5 Å². The summed E-state index contributed by atoms with van der Waals surface area (Å²) in [6, 6.07) is 12.6. The third-order valence-electron chi connectivity index (χ3n) is 4.29. The van der Waals surface area contributed by atoms with Crippen LogP contribution in [0.4, 0.5) is 19.0 Å². The van der Waals surface area contributed by atoms with E-state index < -0.39 is 11.7 Å². The van der Waals surface area contributed by atoms with Gasteiger partial charge in [-0.2, -0.15) is 13.2 Å². The van der Waals surface area contributed by atoms with Crippen LogP contribution in [0.15, 0.2) is 67.1 Å². The predicted molar refractivity (Wildman–Crippen MR) is 99.9 cm³/mol. The molecule has 1 aromatic carbocycles. The number of halogens is 3. The van der Waals surface area contributed by atoms with Gasteiger partial charge in [0.15, 0.2) is 5.65 Å². The molecule has 5 nitrogen and oxygen atoms in total. The van der Waals surface area contributed by atoms with Crippen LogP contribution in [0, 0.1) is 0 Å². The van der Waals surface area contributed by atoms with Gasteiger partial charge in [0.2, 0.25) is 0 Å². The van der Waals surface area contributed by atoms with E-state index in [0.717, 1.165) is 24.1 Å². The fourth-order valence-electron chi connectivity index (χ4n) is 2.90. The van der Waals surface area contributed by atoms with Crippen LogP contribution in [0.3, 0.4) is 0 Å². The van der Waals surface area contributed by atoms with Gasteiger partial charge < -0.3 is 5.32 Å². The smallest absolute Gasteiger partial charge is 0.368 e. The highest BCUT2D eigenvalue weighted by molar-refractivity contribution is 5.64. The SMILES string of the molecule is FC(F)(F)c1cccc(-c2cnc3ccc(NCCc4cccnc4)nn23)c1. The van der Waals surface area contributed by atoms with E-state index in [1.54, 1.807) is 35.1 Å². The maximum atomic E-state index is 13.0. The average molecular weight is 383 g/mol. The lowest BCUT2D eigenvalue weighted by Crippen LogP contribution is -2.08. The molecule has 0 atom stereocenters. The number of nitrogens with one attached hydrogen (secondary N) is 1. The van der Waals surface area contributed by atoms with Crippen LogP contribution in [0.5, 0.6) is 0 Å². The van der Waals surface area contributed by atoms with Crippen LogP contribution >= 0.6 is 0 Å². The van der Waals surface area contributed by atoms with Gasteiger partial charge in [-0.15, -0.1) is 5.10 Å². The second-order valence-electron chi connectivity index (χ2n) is 6.25. The van der Waals surface area contributed by atoms with Crippen molar-refractivity contribution in [1.29, 1.82) is 0 Å². The molecule has 3 aromatic heterocycles. The maximum Gasteiger partial charge on any atom is 0.416 e. The minimum atomic E-state index is -4.40. The van der Waals surface area contributed by atoms with Crippen LogP contribution in [0.1, 0.15) is 11.1 Å². The summed E-state index contributed by atoms with van der Waals surface area (Å²) in [5, 5.41) is 7.70. The van der Waals surface area contributed by atoms with Gasteiger partial charge in [0, 0.05) is 24.5 Å². The van der Waals surface area contributed by atoms with E-state index in [-0.39, 0.29) is 0 Å². The summed E-state index contributed by atoms with van der Waals surface area (Å²) in [4.78, 5) is 8.32. The number of imidazole rings is 1. The van der Waals surface area contributed by atoms with E-state index >= 15 is 0 Å². The standard InChI is InChI=1S/C20H16F3N5/c21-20(22,23)16-5-1-4-15(11-16)17-13-26-19-7-6-18(27-28(17)19)25-10-8-14-3-2-9-24-12-14/h1-7,9,11-13H,8,10H2,(H,25,27). The first-order chi connectivity index (χ1) is 13.5. The Kier molecular flexibility index (Phi) is 4.68. The number of hydrogen-bond acceptors (Lipinski definition) is 4. The first kappa shape index (κ1) is 18.0. The molecule has 0 radical (unpaired) electrons. The Morgan fingerprint density at radius 3 is 2.68 bits per heavy atom. The Morgan fingerprint density at radius 1 is 1.00 bits per heavy atom. The summed E-state index contributed by atoms with van der Waals surface area (Å²) < 4.78 is 40.6. The zero-order valence-corrected chi connectivity index (χ0v) is 14.7. The summed E-state index contributed by atoms with van der Waals surface area (Å²) in [7, 11) is 0. The van der Waals surface area contributed by atoms with Gasteiger partial charge >= 0.3 is 6.18 Å². The van der Waals surface area contributed by atoms with E-state index in [1.165, 1.54) is 12.3 Å². The molecule has 28 heavy (non-hydrogen) atoms. The maximum absolute atomic E-state index is 13.0. The average Bonchev–Trinajstić information content (AvgIpc) is 3.12. The molecule has 3 heterocycles. The van der Waals surface area contributed by atoms with Gasteiger partial charge in [0.25, 0.3) is 0 Å². The van der Waals surface area contributed by atoms with Crippen molar-refractivity contribution in [3.8, 4) is 11.3 Å². The molecule has 142 valence electrons. The minimum absolute atomic E-state index is 0.405. The largest absolute Gasteiger partial charge is 0.416 e. The molecule has 0 spiro atoms. The first-order valence-corrected chi connectivity index (χ1v) is 8.66. The number of hydrogen-bond donors (Lipinski definition) is 1. The third-order valence-corrected chi connectivity index (χ3v) is 4.29. The molecule has 1 N–H and O–H groups in total. The number of anilines is 1. The van der Waals surface area contributed by atoms with Crippen molar-refractivity contribution in [1.82, 2.24) is 19.6 Å². The number of pyridine rings is 1. The van der Waals surface area contributed by atoms with Gasteiger partial charge in [-0.25, -0.2) is 9.50 Å². The van der Waals surface area contributed by atoms with E-state index in [1.807, 2.05) is 12.1 Å². The molecule has 4 rings (SSSR count). The Morgan fingerprint density at radius 2 is 1.89 bits per heavy atom. The lowest BCUT2D eigenvalue weighted by molar-refractivity contribution is -0.137. The molecular weight excluding hydrogens is 367 g/mol. The first-order valence-electron chi connectivity index (χ1n) is 8.66. The highest BCUT2D eigenvalue weighted by Crippen LogP contribution is 2.32. The van der Waals surface area contributed by atoms with E-state index in [2.05, 4.69) is 20.4 Å². The number of benzene rings is 1. The van der Waals surface area contributed by atoms with Gasteiger partial charge in [-0.1, -0.05) is 18.2 Å². The number of aromatic nitrogens is 4. The number of rotatable bonds is 5. The molecular formula is C20H16F3N5. The summed E-state index contributed by atoms with van der Waals surface area (Å²) in [5.74, 6) is 0.614. The number of nitrogens with zero attached hydrogens (tertiary/aromatic N) is 4. The Hall–Kier alpha value is -3.42. The predicted octanol–water partition coefficient (Wildman–Crippen LogP) is 4.46. The third kappa shape index (κ3) is 3.80. The molecule has 8 heteroatoms. The van der Waals surface area contributed by atoms with Gasteiger partial charge in [0.1, 0.15) is 5.82 Å². The van der Waals surface area contributed by atoms with E-state index in [0.29, 0.717) is 29.3 Å². The second kappa shape index (κ2) is 7.30. The fraction of sp³-hybridized carbons (Fsp3) is 0.150. The highest BCUT2D eigenvalue weighted by atomic mass is 19.4. The molecule has 0 fully saturated rings. The van der Waals surface area contributed by atoms with Gasteiger partial charge in [-0.3, -0.25) is 4.98 Å². The van der Waals surface area contributed by atoms with Crippen LogP contribution < -0.4 is 5.32 Å². The fourth-order valence-corrected chi connectivity index (χ4v) is 2.90. The molecule has 0 aliphatic heterocycles. The molecule has 0 saturated carbocycles. The summed E-state index contributed by atoms with van der Waals surface area (Å²) in [6.45, 7) is 0.651. The lowest BCUT2D eigenvalue weighted by Gasteiger charge is -2.09.